The molecule has 1 aliphatic carbocycles. The largest absolute Gasteiger partial charge is 0.476 e. The smallest absolute Gasteiger partial charge is 0.355 e. The number of carboxylic acid groups (broad SMARTS) is 1. The summed E-state index contributed by atoms with van der Waals surface area (Å²) < 4.78 is 0. The molecule has 1 aromatic heterocycles. The zero-order valence-electron chi connectivity index (χ0n) is 12.3. The van der Waals surface area contributed by atoms with E-state index in [-0.39, 0.29) is 24.3 Å². The van der Waals surface area contributed by atoms with Gasteiger partial charge in [0.15, 0.2) is 5.69 Å². The van der Waals surface area contributed by atoms with Crippen molar-refractivity contribution in [1.82, 2.24) is 15.6 Å². The van der Waals surface area contributed by atoms with E-state index >= 15 is 0 Å². The van der Waals surface area contributed by atoms with Crippen molar-refractivity contribution in [3.05, 3.63) is 16.1 Å². The Morgan fingerprint density at radius 1 is 1.43 bits per heavy atom. The van der Waals surface area contributed by atoms with Crippen molar-refractivity contribution in [2.24, 2.45) is 11.8 Å². The average Bonchev–Trinajstić information content (AvgIpc) is 2.91. The first-order valence-corrected chi connectivity index (χ1v) is 8.07. The Kier molecular flexibility index (Phi) is 5.17. The highest BCUT2D eigenvalue weighted by molar-refractivity contribution is 7.09. The standard InChI is InChI=1S/C14H21N3O3S/c1-8-4-3-5-10(9(8)2)17-14(20)15-6-12-16-11(7-21-12)13(18)19/h7-10H,3-6H2,1-2H3,(H,18,19)(H2,15,17,20). The van der Waals surface area contributed by atoms with Crippen LogP contribution in [0.4, 0.5) is 4.79 Å². The molecule has 0 radical (unpaired) electrons. The molecule has 1 aliphatic rings. The van der Waals surface area contributed by atoms with Crippen LogP contribution in [0, 0.1) is 11.8 Å². The van der Waals surface area contributed by atoms with Gasteiger partial charge in [0.25, 0.3) is 0 Å². The summed E-state index contributed by atoms with van der Waals surface area (Å²) in [4.78, 5) is 26.6. The molecule has 0 aromatic carbocycles. The minimum atomic E-state index is -1.05. The molecule has 1 aromatic rings. The molecule has 1 heterocycles. The lowest BCUT2D eigenvalue weighted by Gasteiger charge is -2.34. The normalized spacial score (nSPS) is 25.3. The van der Waals surface area contributed by atoms with E-state index in [9.17, 15) is 9.59 Å². The number of nitrogens with one attached hydrogen (secondary N) is 2. The number of carbonyl (C=O) groups excluding carboxylic acids is 1. The molecule has 3 unspecified atom stereocenters. The van der Waals surface area contributed by atoms with E-state index < -0.39 is 5.97 Å². The molecule has 116 valence electrons. The zero-order chi connectivity index (χ0) is 15.4. The molecule has 21 heavy (non-hydrogen) atoms. The molecular formula is C14H21N3O3S. The molecule has 0 saturated heterocycles. The van der Waals surface area contributed by atoms with Crippen molar-refractivity contribution >= 4 is 23.3 Å². The molecule has 6 nitrogen and oxygen atoms in total. The second-order valence-corrected chi connectivity index (χ2v) is 6.58. The van der Waals surface area contributed by atoms with Crippen LogP contribution in [0.3, 0.4) is 0 Å². The van der Waals surface area contributed by atoms with Crippen molar-refractivity contribution in [3.63, 3.8) is 0 Å². The second-order valence-electron chi connectivity index (χ2n) is 5.63. The fraction of sp³-hybridized carbons (Fsp3) is 0.643. The van der Waals surface area contributed by atoms with Crippen molar-refractivity contribution < 1.29 is 14.7 Å². The maximum atomic E-state index is 11.9. The number of aromatic carboxylic acids is 1. The summed E-state index contributed by atoms with van der Waals surface area (Å²) in [6, 6.07) is -0.00681. The summed E-state index contributed by atoms with van der Waals surface area (Å²) in [5.41, 5.74) is 0.0203. The lowest BCUT2D eigenvalue weighted by Crippen LogP contribution is -2.47. The fourth-order valence-electron chi connectivity index (χ4n) is 2.65. The van der Waals surface area contributed by atoms with E-state index in [1.54, 1.807) is 0 Å². The first-order valence-electron chi connectivity index (χ1n) is 7.19. The number of nitrogens with zero attached hydrogens (tertiary/aromatic N) is 1. The van der Waals surface area contributed by atoms with Crippen molar-refractivity contribution in [2.75, 3.05) is 0 Å². The van der Waals surface area contributed by atoms with Crippen LogP contribution in [0.15, 0.2) is 5.38 Å². The minimum Gasteiger partial charge on any atom is -0.476 e. The SMILES string of the molecule is CC1CCCC(NC(=O)NCc2nc(C(=O)O)cs2)C1C. The third-order valence-electron chi connectivity index (χ3n) is 4.19. The van der Waals surface area contributed by atoms with Crippen LogP contribution in [-0.4, -0.2) is 28.1 Å². The van der Waals surface area contributed by atoms with Gasteiger partial charge in [-0.2, -0.15) is 0 Å². The molecule has 2 rings (SSSR count). The summed E-state index contributed by atoms with van der Waals surface area (Å²) in [6.07, 6.45) is 3.38. The lowest BCUT2D eigenvalue weighted by molar-refractivity contribution is 0.0691. The fourth-order valence-corrected chi connectivity index (χ4v) is 3.36. The number of thiazole rings is 1. The summed E-state index contributed by atoms with van der Waals surface area (Å²) in [7, 11) is 0. The molecule has 1 saturated carbocycles. The van der Waals surface area contributed by atoms with Crippen LogP contribution in [0.5, 0.6) is 0 Å². The van der Waals surface area contributed by atoms with Gasteiger partial charge in [0.2, 0.25) is 0 Å². The number of rotatable bonds is 4. The van der Waals surface area contributed by atoms with Crippen molar-refractivity contribution in [2.45, 2.75) is 45.7 Å². The molecule has 0 aliphatic heterocycles. The molecule has 2 amide bonds. The minimum absolute atomic E-state index is 0.0203. The summed E-state index contributed by atoms with van der Waals surface area (Å²) in [5.74, 6) is 0.0519. The number of aromatic nitrogens is 1. The topological polar surface area (TPSA) is 91.3 Å². The summed E-state index contributed by atoms with van der Waals surface area (Å²) in [6.45, 7) is 4.65. The third-order valence-corrected chi connectivity index (χ3v) is 5.04. The number of carbonyl (C=O) groups is 2. The molecule has 0 spiro atoms. The van der Waals surface area contributed by atoms with E-state index in [1.165, 1.54) is 23.1 Å². The highest BCUT2D eigenvalue weighted by Gasteiger charge is 2.28. The van der Waals surface area contributed by atoms with Crippen LogP contribution < -0.4 is 10.6 Å². The maximum absolute atomic E-state index is 11.9. The number of hydrogen-bond donors (Lipinski definition) is 3. The van der Waals surface area contributed by atoms with Crippen LogP contribution in [0.1, 0.15) is 48.6 Å². The highest BCUT2D eigenvalue weighted by Crippen LogP contribution is 2.29. The van der Waals surface area contributed by atoms with E-state index in [2.05, 4.69) is 29.5 Å². The Hall–Kier alpha value is -1.63. The van der Waals surface area contributed by atoms with Crippen molar-refractivity contribution in [3.8, 4) is 0 Å². The zero-order valence-corrected chi connectivity index (χ0v) is 13.1. The second kappa shape index (κ2) is 6.89. The van der Waals surface area contributed by atoms with Crippen LogP contribution >= 0.6 is 11.3 Å². The molecule has 1 fully saturated rings. The third kappa shape index (κ3) is 4.17. The Morgan fingerprint density at radius 3 is 2.86 bits per heavy atom. The Balaban J connectivity index is 1.80. The summed E-state index contributed by atoms with van der Waals surface area (Å²) in [5, 5.41) is 16.6. The molecule has 0 bridgehead atoms. The van der Waals surface area contributed by atoms with Gasteiger partial charge in [0.05, 0.1) is 6.54 Å². The van der Waals surface area contributed by atoms with Crippen LogP contribution in [0.2, 0.25) is 0 Å². The van der Waals surface area contributed by atoms with Gasteiger partial charge >= 0.3 is 12.0 Å². The van der Waals surface area contributed by atoms with E-state index in [4.69, 9.17) is 5.11 Å². The van der Waals surface area contributed by atoms with Gasteiger partial charge in [-0.3, -0.25) is 0 Å². The number of urea groups is 1. The van der Waals surface area contributed by atoms with Gasteiger partial charge < -0.3 is 15.7 Å². The Morgan fingerprint density at radius 2 is 2.19 bits per heavy atom. The monoisotopic (exact) mass is 311 g/mol. The lowest BCUT2D eigenvalue weighted by atomic mass is 9.78. The van der Waals surface area contributed by atoms with E-state index in [0.29, 0.717) is 16.8 Å². The van der Waals surface area contributed by atoms with E-state index in [0.717, 1.165) is 12.8 Å². The molecule has 3 atom stereocenters. The van der Waals surface area contributed by atoms with Gasteiger partial charge in [-0.1, -0.05) is 26.7 Å². The molecular weight excluding hydrogens is 290 g/mol. The Labute approximate surface area is 128 Å². The maximum Gasteiger partial charge on any atom is 0.355 e. The van der Waals surface area contributed by atoms with Gasteiger partial charge in [0, 0.05) is 11.4 Å². The Bertz CT molecular complexity index is 517. The molecule has 3 N–H and O–H groups in total. The quantitative estimate of drug-likeness (QED) is 0.796. The predicted octanol–water partition coefficient (Wildman–Crippen LogP) is 2.47. The number of amides is 2. The first kappa shape index (κ1) is 15.8. The van der Waals surface area contributed by atoms with Gasteiger partial charge in [-0.05, 0) is 18.3 Å². The summed E-state index contributed by atoms with van der Waals surface area (Å²) >= 11 is 1.23. The van der Waals surface area contributed by atoms with Gasteiger partial charge in [0.1, 0.15) is 5.01 Å². The van der Waals surface area contributed by atoms with Gasteiger partial charge in [-0.15, -0.1) is 11.3 Å². The van der Waals surface area contributed by atoms with Crippen LogP contribution in [0.25, 0.3) is 0 Å². The highest BCUT2D eigenvalue weighted by atomic mass is 32.1. The first-order chi connectivity index (χ1) is 9.97. The predicted molar refractivity (Wildman–Crippen MR) is 80.4 cm³/mol. The molecule has 7 heteroatoms. The number of hydrogen-bond acceptors (Lipinski definition) is 4. The van der Waals surface area contributed by atoms with E-state index in [1.807, 2.05) is 0 Å². The van der Waals surface area contributed by atoms with Crippen molar-refractivity contribution in [1.29, 1.82) is 0 Å². The number of carboxylic acids is 1. The van der Waals surface area contributed by atoms with Gasteiger partial charge in [-0.25, -0.2) is 14.6 Å². The van der Waals surface area contributed by atoms with Crippen LogP contribution in [-0.2, 0) is 6.54 Å². The average molecular weight is 311 g/mol.